The van der Waals surface area contributed by atoms with Gasteiger partial charge in [-0.1, -0.05) is 37.3 Å². The lowest BCUT2D eigenvalue weighted by atomic mass is 10.2. The fourth-order valence-corrected chi connectivity index (χ4v) is 2.69. The van der Waals surface area contributed by atoms with Crippen LogP contribution in [0.25, 0.3) is 16.6 Å². The van der Waals surface area contributed by atoms with E-state index in [9.17, 15) is 4.79 Å². The molecule has 0 amide bonds. The van der Waals surface area contributed by atoms with Gasteiger partial charge in [-0.2, -0.15) is 0 Å². The minimum atomic E-state index is -0.406. The van der Waals surface area contributed by atoms with Crippen molar-refractivity contribution in [3.63, 3.8) is 0 Å². The number of carbonyl (C=O) groups is 1. The molecule has 0 aliphatic heterocycles. The van der Waals surface area contributed by atoms with Crippen LogP contribution in [-0.4, -0.2) is 24.3 Å². The molecule has 3 rings (SSSR count). The highest BCUT2D eigenvalue weighted by Crippen LogP contribution is 2.36. The molecule has 4 nitrogen and oxygen atoms in total. The van der Waals surface area contributed by atoms with E-state index >= 15 is 0 Å². The van der Waals surface area contributed by atoms with E-state index in [2.05, 4.69) is 0 Å². The highest BCUT2D eigenvalue weighted by molar-refractivity contribution is 6.03. The third-order valence-corrected chi connectivity index (χ3v) is 3.67. The molecule has 0 radical (unpaired) electrons. The summed E-state index contributed by atoms with van der Waals surface area (Å²) >= 11 is 0. The second-order valence-corrected chi connectivity index (χ2v) is 5.21. The minimum Gasteiger partial charge on any atom is -0.490 e. The Morgan fingerprint density at radius 2 is 1.74 bits per heavy atom. The first-order valence-electron chi connectivity index (χ1n) is 7.68. The van der Waals surface area contributed by atoms with Crippen LogP contribution >= 0.6 is 0 Å². The minimum absolute atomic E-state index is 0.406. The van der Waals surface area contributed by atoms with Gasteiger partial charge in [0.15, 0.2) is 11.4 Å². The van der Waals surface area contributed by atoms with Crippen LogP contribution in [0, 0.1) is 0 Å². The van der Waals surface area contributed by atoms with Crippen LogP contribution < -0.4 is 4.74 Å². The summed E-state index contributed by atoms with van der Waals surface area (Å²) < 4.78 is 12.8. The smallest absolute Gasteiger partial charge is 0.358 e. The molecule has 118 valence electrons. The number of ether oxygens (including phenoxy) is 2. The monoisotopic (exact) mass is 309 g/mol. The molecule has 0 aliphatic carbocycles. The van der Waals surface area contributed by atoms with Gasteiger partial charge >= 0.3 is 5.97 Å². The molecule has 0 unspecified atom stereocenters. The lowest BCUT2D eigenvalue weighted by Crippen LogP contribution is -2.11. The van der Waals surface area contributed by atoms with E-state index in [1.807, 2.05) is 66.1 Å². The van der Waals surface area contributed by atoms with Gasteiger partial charge in [-0.3, -0.25) is 0 Å². The van der Waals surface area contributed by atoms with Gasteiger partial charge < -0.3 is 14.0 Å². The first-order chi connectivity index (χ1) is 11.3. The molecular formula is C19H19NO3. The van der Waals surface area contributed by atoms with Crippen molar-refractivity contribution in [2.24, 2.45) is 0 Å². The normalized spacial score (nSPS) is 10.7. The number of esters is 1. The lowest BCUT2D eigenvalue weighted by Gasteiger charge is -2.10. The third kappa shape index (κ3) is 2.68. The van der Waals surface area contributed by atoms with Crippen LogP contribution in [0.5, 0.6) is 5.75 Å². The Morgan fingerprint density at radius 3 is 2.43 bits per heavy atom. The van der Waals surface area contributed by atoms with Crippen LogP contribution in [-0.2, 0) is 4.74 Å². The summed E-state index contributed by atoms with van der Waals surface area (Å²) in [6, 6.07) is 17.6. The van der Waals surface area contributed by atoms with Crippen LogP contribution in [0.3, 0.4) is 0 Å². The Bertz CT molecular complexity index is 821. The van der Waals surface area contributed by atoms with Crippen molar-refractivity contribution in [1.82, 2.24) is 4.57 Å². The van der Waals surface area contributed by atoms with Gasteiger partial charge in [-0.05, 0) is 30.7 Å². The van der Waals surface area contributed by atoms with E-state index in [0.29, 0.717) is 18.1 Å². The number of hydrogen-bond acceptors (Lipinski definition) is 3. The number of benzene rings is 2. The molecule has 1 heterocycles. The van der Waals surface area contributed by atoms with Gasteiger partial charge in [0.05, 0.1) is 19.2 Å². The number of carbonyl (C=O) groups excluding carboxylic acids is 1. The fourth-order valence-electron chi connectivity index (χ4n) is 2.69. The van der Waals surface area contributed by atoms with Gasteiger partial charge in [0.2, 0.25) is 0 Å². The largest absolute Gasteiger partial charge is 0.490 e. The van der Waals surface area contributed by atoms with Gasteiger partial charge in [0.1, 0.15) is 0 Å². The average Bonchev–Trinajstić information content (AvgIpc) is 2.94. The highest BCUT2D eigenvalue weighted by Gasteiger charge is 2.25. The molecule has 23 heavy (non-hydrogen) atoms. The maximum absolute atomic E-state index is 12.4. The molecule has 0 atom stereocenters. The topological polar surface area (TPSA) is 40.5 Å². The number of fused-ring (bicyclic) bond motifs is 1. The van der Waals surface area contributed by atoms with E-state index in [-0.39, 0.29) is 0 Å². The van der Waals surface area contributed by atoms with Crippen molar-refractivity contribution in [1.29, 1.82) is 0 Å². The molecular weight excluding hydrogens is 290 g/mol. The van der Waals surface area contributed by atoms with E-state index < -0.39 is 5.97 Å². The Labute approximate surface area is 135 Å². The van der Waals surface area contributed by atoms with E-state index in [1.54, 1.807) is 0 Å². The molecule has 0 aliphatic rings. The SMILES string of the molecule is CCCOc1c(C(=O)OC)n(-c2ccccc2)c2ccccc12. The zero-order valence-corrected chi connectivity index (χ0v) is 13.3. The van der Waals surface area contributed by atoms with Crippen molar-refractivity contribution in [2.45, 2.75) is 13.3 Å². The van der Waals surface area contributed by atoms with E-state index in [0.717, 1.165) is 23.0 Å². The summed E-state index contributed by atoms with van der Waals surface area (Å²) in [5.74, 6) is 0.175. The summed E-state index contributed by atoms with van der Waals surface area (Å²) in [6.45, 7) is 2.58. The first-order valence-corrected chi connectivity index (χ1v) is 7.68. The van der Waals surface area contributed by atoms with Gasteiger partial charge in [-0.25, -0.2) is 4.79 Å². The molecule has 0 spiro atoms. The molecule has 1 aromatic heterocycles. The molecule has 0 fully saturated rings. The zero-order chi connectivity index (χ0) is 16.2. The van der Waals surface area contributed by atoms with Crippen molar-refractivity contribution in [3.05, 3.63) is 60.3 Å². The predicted octanol–water partition coefficient (Wildman–Crippen LogP) is 4.21. The van der Waals surface area contributed by atoms with Crippen LogP contribution in [0.1, 0.15) is 23.8 Å². The number of rotatable bonds is 5. The van der Waals surface area contributed by atoms with Crippen LogP contribution in [0.2, 0.25) is 0 Å². The second-order valence-electron chi connectivity index (χ2n) is 5.21. The Kier molecular flexibility index (Phi) is 4.33. The number of para-hydroxylation sites is 2. The van der Waals surface area contributed by atoms with E-state index in [1.165, 1.54) is 7.11 Å². The number of hydrogen-bond donors (Lipinski definition) is 0. The average molecular weight is 309 g/mol. The maximum Gasteiger partial charge on any atom is 0.358 e. The highest BCUT2D eigenvalue weighted by atomic mass is 16.5. The summed E-state index contributed by atoms with van der Waals surface area (Å²) in [4.78, 5) is 12.4. The third-order valence-electron chi connectivity index (χ3n) is 3.67. The molecule has 4 heteroatoms. The number of methoxy groups -OCH3 is 1. The van der Waals surface area contributed by atoms with Gasteiger partial charge in [0.25, 0.3) is 0 Å². The fraction of sp³-hybridized carbons (Fsp3) is 0.211. The van der Waals surface area contributed by atoms with E-state index in [4.69, 9.17) is 9.47 Å². The summed E-state index contributed by atoms with van der Waals surface area (Å²) in [5, 5.41) is 0.908. The summed E-state index contributed by atoms with van der Waals surface area (Å²) in [5.41, 5.74) is 2.24. The van der Waals surface area contributed by atoms with Crippen molar-refractivity contribution in [3.8, 4) is 11.4 Å². The summed E-state index contributed by atoms with van der Waals surface area (Å²) in [7, 11) is 1.39. The Hall–Kier alpha value is -2.75. The van der Waals surface area contributed by atoms with Crippen molar-refractivity contribution >= 4 is 16.9 Å². The quantitative estimate of drug-likeness (QED) is 0.663. The standard InChI is InChI=1S/C19H19NO3/c1-3-13-23-18-15-11-7-8-12-16(15)20(17(18)19(21)22-2)14-9-5-4-6-10-14/h4-12H,3,13H2,1-2H3. The second kappa shape index (κ2) is 6.57. The van der Waals surface area contributed by atoms with Crippen LogP contribution in [0.15, 0.2) is 54.6 Å². The molecule has 2 aromatic carbocycles. The number of aromatic nitrogens is 1. The van der Waals surface area contributed by atoms with Crippen molar-refractivity contribution in [2.75, 3.05) is 13.7 Å². The molecule has 0 N–H and O–H groups in total. The van der Waals surface area contributed by atoms with Crippen molar-refractivity contribution < 1.29 is 14.3 Å². The molecule has 0 bridgehead atoms. The van der Waals surface area contributed by atoms with Gasteiger partial charge in [0, 0.05) is 11.1 Å². The Balaban J connectivity index is 2.34. The zero-order valence-electron chi connectivity index (χ0n) is 13.3. The summed E-state index contributed by atoms with van der Waals surface area (Å²) in [6.07, 6.45) is 0.867. The lowest BCUT2D eigenvalue weighted by molar-refractivity contribution is 0.0587. The Morgan fingerprint density at radius 1 is 1.04 bits per heavy atom. The molecule has 3 aromatic rings. The van der Waals surface area contributed by atoms with Gasteiger partial charge in [-0.15, -0.1) is 0 Å². The number of nitrogens with zero attached hydrogens (tertiary/aromatic N) is 1. The van der Waals surface area contributed by atoms with Crippen LogP contribution in [0.4, 0.5) is 0 Å². The molecule has 0 saturated heterocycles. The maximum atomic E-state index is 12.4. The predicted molar refractivity (Wildman–Crippen MR) is 90.4 cm³/mol. The molecule has 0 saturated carbocycles. The first kappa shape index (κ1) is 15.2.